The summed E-state index contributed by atoms with van der Waals surface area (Å²) >= 11 is 0. The Labute approximate surface area is 126 Å². The van der Waals surface area contributed by atoms with E-state index in [4.69, 9.17) is 4.74 Å². The van der Waals surface area contributed by atoms with Crippen LogP contribution in [-0.2, 0) is 22.6 Å². The molecule has 4 rings (SSSR count). The lowest BCUT2D eigenvalue weighted by atomic mass is 10.00. The zero-order valence-corrected chi connectivity index (χ0v) is 12.2. The highest BCUT2D eigenvalue weighted by Gasteiger charge is 2.37. The molecule has 9 nitrogen and oxygen atoms in total. The fraction of sp³-hybridized carbons (Fsp3) is 0.615. The second kappa shape index (κ2) is 5.16. The predicted octanol–water partition coefficient (Wildman–Crippen LogP) is -0.116. The monoisotopic (exact) mass is 304 g/mol. The van der Waals surface area contributed by atoms with Crippen LogP contribution < -0.4 is 0 Å². The van der Waals surface area contributed by atoms with Gasteiger partial charge in [0.15, 0.2) is 0 Å². The van der Waals surface area contributed by atoms with E-state index in [2.05, 4.69) is 25.3 Å². The van der Waals surface area contributed by atoms with E-state index in [0.29, 0.717) is 31.1 Å². The Bertz CT molecular complexity index is 696. The lowest BCUT2D eigenvalue weighted by Crippen LogP contribution is -2.50. The molecular weight excluding hydrogens is 288 g/mol. The molecule has 0 bridgehead atoms. The van der Waals surface area contributed by atoms with Crippen LogP contribution in [0, 0.1) is 6.92 Å². The molecule has 2 aromatic heterocycles. The zero-order valence-electron chi connectivity index (χ0n) is 12.2. The largest absolute Gasteiger partial charge is 0.370 e. The van der Waals surface area contributed by atoms with Gasteiger partial charge in [-0.05, 0) is 13.3 Å². The van der Waals surface area contributed by atoms with Crippen molar-refractivity contribution in [2.24, 2.45) is 0 Å². The molecular formula is C13H16N6O3. The number of nitrogens with zero attached hydrogens (tertiary/aromatic N) is 6. The van der Waals surface area contributed by atoms with Gasteiger partial charge in [-0.15, -0.1) is 5.10 Å². The lowest BCUT2D eigenvalue weighted by Gasteiger charge is -2.40. The maximum Gasteiger partial charge on any atom is 0.228 e. The number of aryl methyl sites for hydroxylation is 1. The molecule has 2 atom stereocenters. The summed E-state index contributed by atoms with van der Waals surface area (Å²) < 4.78 is 12.4. The average Bonchev–Trinajstić information content (AvgIpc) is 3.16. The van der Waals surface area contributed by atoms with Crippen molar-refractivity contribution in [3.05, 3.63) is 23.3 Å². The van der Waals surface area contributed by atoms with Gasteiger partial charge in [0.25, 0.3) is 0 Å². The van der Waals surface area contributed by atoms with Crippen molar-refractivity contribution in [2.45, 2.75) is 38.5 Å². The number of carbonyl (C=O) groups excluding carboxylic acids is 1. The normalized spacial score (nSPS) is 24.0. The number of carbonyl (C=O) groups is 1. The van der Waals surface area contributed by atoms with Crippen LogP contribution in [0.2, 0.25) is 0 Å². The third-order valence-electron chi connectivity index (χ3n) is 4.35. The van der Waals surface area contributed by atoms with Crippen LogP contribution in [-0.4, -0.2) is 55.3 Å². The van der Waals surface area contributed by atoms with Crippen molar-refractivity contribution in [1.82, 2.24) is 30.2 Å². The third-order valence-corrected chi connectivity index (χ3v) is 4.35. The summed E-state index contributed by atoms with van der Waals surface area (Å²) in [6, 6.07) is 0.0282. The van der Waals surface area contributed by atoms with Gasteiger partial charge in [-0.1, -0.05) is 15.5 Å². The number of likely N-dealkylation sites (tertiary alicyclic amines) is 1. The van der Waals surface area contributed by atoms with Crippen molar-refractivity contribution in [3.8, 4) is 0 Å². The van der Waals surface area contributed by atoms with Crippen molar-refractivity contribution < 1.29 is 14.2 Å². The Kier molecular flexibility index (Phi) is 3.14. The van der Waals surface area contributed by atoms with E-state index in [0.717, 1.165) is 12.1 Å². The van der Waals surface area contributed by atoms with Crippen LogP contribution in [0.5, 0.6) is 0 Å². The molecule has 0 N–H and O–H groups in total. The topological polar surface area (TPSA) is 99.2 Å². The van der Waals surface area contributed by atoms with Gasteiger partial charge in [-0.25, -0.2) is 9.31 Å². The summed E-state index contributed by atoms with van der Waals surface area (Å²) in [7, 11) is 0. The van der Waals surface area contributed by atoms with Crippen LogP contribution >= 0.6 is 0 Å². The second-order valence-electron chi connectivity index (χ2n) is 5.69. The van der Waals surface area contributed by atoms with Crippen molar-refractivity contribution in [2.75, 3.05) is 13.1 Å². The van der Waals surface area contributed by atoms with E-state index in [1.165, 1.54) is 0 Å². The quantitative estimate of drug-likeness (QED) is 0.763. The van der Waals surface area contributed by atoms with Crippen molar-refractivity contribution >= 4 is 5.91 Å². The first kappa shape index (κ1) is 13.4. The Hall–Kier alpha value is -2.29. The van der Waals surface area contributed by atoms with Gasteiger partial charge >= 0.3 is 0 Å². The molecule has 22 heavy (non-hydrogen) atoms. The minimum absolute atomic E-state index is 0.0180. The summed E-state index contributed by atoms with van der Waals surface area (Å²) in [6.45, 7) is 3.56. The number of rotatable bonds is 2. The standard InChI is InChI=1S/C13H16N6O3/c1-8-10(16-22-15-8)4-13(20)18-3-2-12-11(6-18)19-9(7-21-12)5-14-17-19/h5,11-12H,2-4,6-7H2,1H3/t11-,12-/m0/s1. The number of hydrogen-bond donors (Lipinski definition) is 0. The number of amides is 1. The minimum Gasteiger partial charge on any atom is -0.370 e. The molecule has 0 radical (unpaired) electrons. The first-order chi connectivity index (χ1) is 10.7. The molecule has 0 unspecified atom stereocenters. The van der Waals surface area contributed by atoms with Gasteiger partial charge in [-0.2, -0.15) is 0 Å². The molecule has 0 aliphatic carbocycles. The van der Waals surface area contributed by atoms with E-state index < -0.39 is 0 Å². The summed E-state index contributed by atoms with van der Waals surface area (Å²) in [4.78, 5) is 14.3. The van der Waals surface area contributed by atoms with Gasteiger partial charge in [-0.3, -0.25) is 4.79 Å². The maximum absolute atomic E-state index is 12.5. The van der Waals surface area contributed by atoms with Gasteiger partial charge < -0.3 is 9.64 Å². The molecule has 0 spiro atoms. The highest BCUT2D eigenvalue weighted by atomic mass is 16.6. The summed E-state index contributed by atoms with van der Waals surface area (Å²) in [5.41, 5.74) is 2.20. The molecule has 2 aliphatic rings. The summed E-state index contributed by atoms with van der Waals surface area (Å²) in [5, 5.41) is 15.5. The molecule has 0 saturated carbocycles. The minimum atomic E-state index is 0.0180. The van der Waals surface area contributed by atoms with Gasteiger partial charge in [0.2, 0.25) is 5.91 Å². The van der Waals surface area contributed by atoms with Gasteiger partial charge in [0, 0.05) is 13.1 Å². The van der Waals surface area contributed by atoms with E-state index in [-0.39, 0.29) is 24.5 Å². The SMILES string of the molecule is Cc1nonc1CC(=O)N1CC[C@@H]2OCc3cnnn3[C@H]2C1. The number of piperidine rings is 1. The summed E-state index contributed by atoms with van der Waals surface area (Å²) in [5.74, 6) is 0.0180. The molecule has 0 aromatic carbocycles. The van der Waals surface area contributed by atoms with Crippen LogP contribution in [0.3, 0.4) is 0 Å². The van der Waals surface area contributed by atoms with Crippen LogP contribution in [0.15, 0.2) is 10.8 Å². The molecule has 1 saturated heterocycles. The third kappa shape index (κ3) is 2.17. The summed E-state index contributed by atoms with van der Waals surface area (Å²) in [6.07, 6.45) is 2.80. The van der Waals surface area contributed by atoms with E-state index in [9.17, 15) is 4.79 Å². The Morgan fingerprint density at radius 1 is 1.45 bits per heavy atom. The van der Waals surface area contributed by atoms with E-state index >= 15 is 0 Å². The highest BCUT2D eigenvalue weighted by molar-refractivity contribution is 5.78. The first-order valence-corrected chi connectivity index (χ1v) is 7.29. The van der Waals surface area contributed by atoms with E-state index in [1.807, 2.05) is 9.58 Å². The number of hydrogen-bond acceptors (Lipinski definition) is 7. The molecule has 2 aliphatic heterocycles. The van der Waals surface area contributed by atoms with Crippen LogP contribution in [0.4, 0.5) is 0 Å². The molecule has 4 heterocycles. The molecule has 2 aromatic rings. The number of fused-ring (bicyclic) bond motifs is 3. The second-order valence-corrected chi connectivity index (χ2v) is 5.69. The van der Waals surface area contributed by atoms with Crippen molar-refractivity contribution in [3.63, 3.8) is 0 Å². The molecule has 1 amide bonds. The Balaban J connectivity index is 1.49. The fourth-order valence-electron chi connectivity index (χ4n) is 3.07. The Morgan fingerprint density at radius 2 is 2.36 bits per heavy atom. The lowest BCUT2D eigenvalue weighted by molar-refractivity contribution is -0.137. The highest BCUT2D eigenvalue weighted by Crippen LogP contribution is 2.30. The first-order valence-electron chi connectivity index (χ1n) is 7.29. The molecule has 1 fully saturated rings. The van der Waals surface area contributed by atoms with E-state index in [1.54, 1.807) is 13.1 Å². The van der Waals surface area contributed by atoms with Gasteiger partial charge in [0.1, 0.15) is 11.4 Å². The number of aromatic nitrogens is 5. The van der Waals surface area contributed by atoms with Gasteiger partial charge in [0.05, 0.1) is 37.1 Å². The Morgan fingerprint density at radius 3 is 3.18 bits per heavy atom. The van der Waals surface area contributed by atoms with Crippen LogP contribution in [0.25, 0.3) is 0 Å². The predicted molar refractivity (Wildman–Crippen MR) is 71.6 cm³/mol. The van der Waals surface area contributed by atoms with Crippen molar-refractivity contribution in [1.29, 1.82) is 0 Å². The maximum atomic E-state index is 12.5. The smallest absolute Gasteiger partial charge is 0.228 e. The average molecular weight is 304 g/mol. The fourth-order valence-corrected chi connectivity index (χ4v) is 3.07. The molecule has 116 valence electrons. The zero-order chi connectivity index (χ0) is 15.1. The van der Waals surface area contributed by atoms with Crippen LogP contribution in [0.1, 0.15) is 29.5 Å². The molecule has 9 heteroatoms. The number of ether oxygens (including phenoxy) is 1.